The van der Waals surface area contributed by atoms with Gasteiger partial charge < -0.3 is 0 Å². The summed E-state index contributed by atoms with van der Waals surface area (Å²) in [6.07, 6.45) is 0. The van der Waals surface area contributed by atoms with Crippen LogP contribution in [0.2, 0.25) is 15.6 Å². The van der Waals surface area contributed by atoms with Crippen molar-refractivity contribution in [3.05, 3.63) is 0 Å². The van der Waals surface area contributed by atoms with Crippen LogP contribution in [0.4, 0.5) is 0 Å². The first-order chi connectivity index (χ1) is 3.35. The van der Waals surface area contributed by atoms with Gasteiger partial charge in [-0.2, -0.15) is 0 Å². The molecule has 0 fully saturated rings. The molecule has 64 valence electrons. The van der Waals surface area contributed by atoms with Crippen molar-refractivity contribution >= 4 is 14.7 Å². The summed E-state index contributed by atoms with van der Waals surface area (Å²) in [7, 11) is 0. The molecule has 0 spiro atoms. The van der Waals surface area contributed by atoms with E-state index in [1.807, 2.05) is 0 Å². The van der Waals surface area contributed by atoms with E-state index < -0.39 is 0 Å². The summed E-state index contributed by atoms with van der Waals surface area (Å²) < 4.78 is 0. The molecule has 0 nitrogen and oxygen atoms in total. The average Bonchev–Trinajstić information content (AvgIpc) is 1.72. The van der Waals surface area contributed by atoms with Crippen LogP contribution in [0.5, 0.6) is 0 Å². The maximum atomic E-state index is 2.33. The third kappa shape index (κ3) is 9.94. The van der Waals surface area contributed by atoms with Crippen molar-refractivity contribution in [2.75, 3.05) is 0 Å². The first kappa shape index (κ1) is 17.1. The fourth-order valence-electron chi connectivity index (χ4n) is 0.671. The number of rotatable bonds is 3. The average molecular weight is 552 g/mol. The summed E-state index contributed by atoms with van der Waals surface area (Å²) in [4.78, 5) is 0. The van der Waals surface area contributed by atoms with Crippen molar-refractivity contribution < 1.29 is 42.1 Å². The molecule has 0 bridgehead atoms. The SMILES string of the molecule is CC[As](CC)CC.[Pt].[Pt]. The minimum Gasteiger partial charge on any atom is 0 e. The summed E-state index contributed by atoms with van der Waals surface area (Å²) in [5.74, 6) is 0. The Balaban J connectivity index is -0.000000180. The van der Waals surface area contributed by atoms with Gasteiger partial charge in [0.15, 0.2) is 0 Å². The fraction of sp³-hybridized carbons (Fsp3) is 1.00. The van der Waals surface area contributed by atoms with Crippen LogP contribution in [-0.4, -0.2) is 14.7 Å². The van der Waals surface area contributed by atoms with Gasteiger partial charge in [-0.3, -0.25) is 0 Å². The van der Waals surface area contributed by atoms with E-state index in [1.54, 1.807) is 0 Å². The van der Waals surface area contributed by atoms with Gasteiger partial charge in [-0.25, -0.2) is 0 Å². The Labute approximate surface area is 92.3 Å². The number of hydrogen-bond acceptors (Lipinski definition) is 0. The molecule has 0 heterocycles. The first-order valence-corrected chi connectivity index (χ1v) is 7.05. The van der Waals surface area contributed by atoms with Crippen LogP contribution in [0.15, 0.2) is 0 Å². The van der Waals surface area contributed by atoms with E-state index in [2.05, 4.69) is 20.8 Å². The predicted molar refractivity (Wildman–Crippen MR) is 37.2 cm³/mol. The Morgan fingerprint density at radius 3 is 1.00 bits per heavy atom. The zero-order chi connectivity index (χ0) is 5.70. The van der Waals surface area contributed by atoms with Gasteiger partial charge in [0.2, 0.25) is 0 Å². The van der Waals surface area contributed by atoms with E-state index in [9.17, 15) is 0 Å². The van der Waals surface area contributed by atoms with Gasteiger partial charge in [-0.1, -0.05) is 0 Å². The van der Waals surface area contributed by atoms with E-state index >= 15 is 0 Å². The minimum atomic E-state index is -0.229. The van der Waals surface area contributed by atoms with Gasteiger partial charge in [-0.15, -0.1) is 0 Å². The van der Waals surface area contributed by atoms with Crippen molar-refractivity contribution in [2.45, 2.75) is 36.4 Å². The zero-order valence-corrected chi connectivity index (χ0v) is 12.6. The molecular weight excluding hydrogens is 537 g/mol. The van der Waals surface area contributed by atoms with Gasteiger partial charge in [0, 0.05) is 42.1 Å². The summed E-state index contributed by atoms with van der Waals surface area (Å²) in [6, 6.07) is 0. The van der Waals surface area contributed by atoms with Crippen LogP contribution in [0.25, 0.3) is 0 Å². The quantitative estimate of drug-likeness (QED) is 0.473. The smallest absolute Gasteiger partial charge is 0 e. The summed E-state index contributed by atoms with van der Waals surface area (Å²) in [6.45, 7) is 6.98. The molecule has 0 amide bonds. The summed E-state index contributed by atoms with van der Waals surface area (Å²) in [5.41, 5.74) is 0. The zero-order valence-electron chi connectivity index (χ0n) is 6.20. The topological polar surface area (TPSA) is 0 Å². The van der Waals surface area contributed by atoms with E-state index in [1.165, 1.54) is 15.6 Å². The fourth-order valence-corrected chi connectivity index (χ4v) is 3.49. The van der Waals surface area contributed by atoms with Crippen molar-refractivity contribution in [1.82, 2.24) is 0 Å². The van der Waals surface area contributed by atoms with Crippen molar-refractivity contribution in [3.63, 3.8) is 0 Å². The van der Waals surface area contributed by atoms with Crippen LogP contribution in [-0.2, 0) is 42.1 Å². The van der Waals surface area contributed by atoms with Crippen molar-refractivity contribution in [3.8, 4) is 0 Å². The summed E-state index contributed by atoms with van der Waals surface area (Å²) >= 11 is -0.229. The second-order valence-electron chi connectivity index (χ2n) is 1.62. The first-order valence-electron chi connectivity index (χ1n) is 3.07. The molecule has 0 rings (SSSR count). The van der Waals surface area contributed by atoms with Crippen LogP contribution < -0.4 is 0 Å². The molecule has 0 atom stereocenters. The Bertz CT molecular complexity index is 32.5. The molecular formula is C6H15AsPt2. The van der Waals surface area contributed by atoms with Gasteiger partial charge in [0.25, 0.3) is 0 Å². The largest absolute Gasteiger partial charge is 0 e. The van der Waals surface area contributed by atoms with Crippen molar-refractivity contribution in [1.29, 1.82) is 0 Å². The Kier molecular flexibility index (Phi) is 24.0. The van der Waals surface area contributed by atoms with Crippen LogP contribution in [0.3, 0.4) is 0 Å². The normalized spacial score (nSPS) is 8.00. The molecule has 0 unspecified atom stereocenters. The van der Waals surface area contributed by atoms with Crippen LogP contribution >= 0.6 is 0 Å². The van der Waals surface area contributed by atoms with Gasteiger partial charge in [0.1, 0.15) is 0 Å². The Hall–Kier alpha value is 1.94. The Morgan fingerprint density at radius 2 is 1.00 bits per heavy atom. The second-order valence-corrected chi connectivity index (χ2v) is 8.42. The third-order valence-corrected chi connectivity index (χ3v) is 6.97. The molecule has 0 aromatic carbocycles. The van der Waals surface area contributed by atoms with E-state index in [4.69, 9.17) is 0 Å². The monoisotopic (exact) mass is 552 g/mol. The minimum absolute atomic E-state index is 0. The van der Waals surface area contributed by atoms with E-state index in [0.29, 0.717) is 0 Å². The number of hydrogen-bond donors (Lipinski definition) is 0. The van der Waals surface area contributed by atoms with Gasteiger partial charge in [-0.05, 0) is 0 Å². The van der Waals surface area contributed by atoms with Gasteiger partial charge >= 0.3 is 51.0 Å². The molecule has 0 aliphatic heterocycles. The molecule has 9 heavy (non-hydrogen) atoms. The molecule has 3 heteroatoms. The molecule has 0 aromatic rings. The van der Waals surface area contributed by atoms with E-state index in [0.717, 1.165) is 0 Å². The molecule has 0 aromatic heterocycles. The maximum Gasteiger partial charge on any atom is 0 e. The third-order valence-electron chi connectivity index (χ3n) is 1.34. The van der Waals surface area contributed by atoms with E-state index in [-0.39, 0.29) is 56.8 Å². The maximum absolute atomic E-state index is 2.33. The summed E-state index contributed by atoms with van der Waals surface area (Å²) in [5, 5.41) is 4.50. The van der Waals surface area contributed by atoms with Crippen molar-refractivity contribution in [2.24, 2.45) is 0 Å². The molecule has 0 aliphatic rings. The molecule has 0 saturated carbocycles. The predicted octanol–water partition coefficient (Wildman–Crippen LogP) is 2.54. The van der Waals surface area contributed by atoms with Crippen LogP contribution in [0, 0.1) is 0 Å². The molecule has 0 N–H and O–H groups in total. The van der Waals surface area contributed by atoms with Gasteiger partial charge in [0.05, 0.1) is 0 Å². The molecule has 0 saturated heterocycles. The second kappa shape index (κ2) is 12.6. The standard InChI is InChI=1S/C6H15As.2Pt/c1-4-7(5-2)6-3;;/h4-6H2,1-3H3;;. The van der Waals surface area contributed by atoms with Crippen LogP contribution in [0.1, 0.15) is 20.8 Å². The molecule has 0 radical (unpaired) electrons. The molecule has 0 aliphatic carbocycles. The Morgan fingerprint density at radius 1 is 0.778 bits per heavy atom.